The number of carbonyl (C=O) groups is 2. The highest BCUT2D eigenvalue weighted by atomic mass is 16.5. The molecule has 0 aromatic heterocycles. The smallest absolute Gasteiger partial charge is 0.310 e. The Bertz CT molecular complexity index is 648. The number of ether oxygens (including phenoxy) is 2. The number of nitrogens with one attached hydrogen (secondary N) is 1. The molecule has 0 radical (unpaired) electrons. The molecule has 1 aromatic carbocycles. The lowest BCUT2D eigenvalue weighted by molar-refractivity contribution is -0.143. The van der Waals surface area contributed by atoms with Gasteiger partial charge in [-0.1, -0.05) is 12.1 Å². The third-order valence-corrected chi connectivity index (χ3v) is 5.35. The second kappa shape index (κ2) is 5.64. The Balaban J connectivity index is 1.30. The van der Waals surface area contributed by atoms with E-state index in [1.165, 1.54) is 0 Å². The maximum Gasteiger partial charge on any atom is 0.310 e. The van der Waals surface area contributed by atoms with Crippen molar-refractivity contribution in [3.63, 3.8) is 0 Å². The minimum atomic E-state index is -0.175. The van der Waals surface area contributed by atoms with Gasteiger partial charge in [-0.25, -0.2) is 0 Å². The second-order valence-corrected chi connectivity index (χ2v) is 6.97. The molecule has 1 aromatic rings. The van der Waals surface area contributed by atoms with Crippen molar-refractivity contribution in [3.8, 4) is 0 Å². The first-order chi connectivity index (χ1) is 11.1. The van der Waals surface area contributed by atoms with Gasteiger partial charge in [-0.2, -0.15) is 0 Å². The van der Waals surface area contributed by atoms with Crippen LogP contribution in [0.3, 0.4) is 0 Å². The molecule has 0 bridgehead atoms. The molecule has 2 heterocycles. The van der Waals surface area contributed by atoms with Crippen LogP contribution in [0.25, 0.3) is 0 Å². The lowest BCUT2D eigenvalue weighted by Gasteiger charge is -2.17. The van der Waals surface area contributed by atoms with Crippen LogP contribution < -0.4 is 5.32 Å². The van der Waals surface area contributed by atoms with Crippen LogP contribution in [-0.2, 0) is 31.9 Å². The Hall–Kier alpha value is -1.88. The van der Waals surface area contributed by atoms with Gasteiger partial charge in [0.1, 0.15) is 0 Å². The molecule has 3 aliphatic rings. The standard InChI is InChI=1S/C18H21NO4/c20-16-4-2-13-7-12(1-3-15(13)19-16)8-17(21)23-10-14-9-18(14)5-6-22-11-18/h1,3,7,14H,2,4-6,8-11H2,(H,19,20). The zero-order valence-corrected chi connectivity index (χ0v) is 13.1. The minimum Gasteiger partial charge on any atom is -0.465 e. The van der Waals surface area contributed by atoms with Crippen molar-refractivity contribution >= 4 is 17.6 Å². The second-order valence-electron chi connectivity index (χ2n) is 6.97. The van der Waals surface area contributed by atoms with Crippen molar-refractivity contribution in [3.05, 3.63) is 29.3 Å². The first kappa shape index (κ1) is 14.7. The highest BCUT2D eigenvalue weighted by Gasteiger charge is 2.56. The SMILES string of the molecule is O=C1CCc2cc(CC(=O)OCC3CC34CCOC4)ccc2N1. The molecule has 1 saturated carbocycles. The summed E-state index contributed by atoms with van der Waals surface area (Å²) in [7, 11) is 0. The Kier molecular flexibility index (Phi) is 3.60. The van der Waals surface area contributed by atoms with Crippen LogP contribution >= 0.6 is 0 Å². The van der Waals surface area contributed by atoms with Crippen molar-refractivity contribution in [2.75, 3.05) is 25.1 Å². The van der Waals surface area contributed by atoms with E-state index in [1.807, 2.05) is 18.2 Å². The summed E-state index contributed by atoms with van der Waals surface area (Å²) in [6, 6.07) is 5.76. The largest absolute Gasteiger partial charge is 0.465 e. The number of aryl methyl sites for hydroxylation is 1. The highest BCUT2D eigenvalue weighted by molar-refractivity contribution is 5.94. The maximum atomic E-state index is 12.0. The zero-order chi connectivity index (χ0) is 15.9. The van der Waals surface area contributed by atoms with Crippen molar-refractivity contribution in [1.82, 2.24) is 0 Å². The number of rotatable bonds is 4. The topological polar surface area (TPSA) is 64.6 Å². The molecule has 1 spiro atoms. The van der Waals surface area contributed by atoms with E-state index >= 15 is 0 Å². The molecule has 122 valence electrons. The van der Waals surface area contributed by atoms with Gasteiger partial charge in [-0.05, 0) is 36.5 Å². The summed E-state index contributed by atoms with van der Waals surface area (Å²) in [5.74, 6) is 0.359. The third-order valence-electron chi connectivity index (χ3n) is 5.35. The molecule has 2 atom stereocenters. The Morgan fingerprint density at radius 3 is 3.13 bits per heavy atom. The number of hydrogen-bond donors (Lipinski definition) is 1. The molecule has 1 N–H and O–H groups in total. The quantitative estimate of drug-likeness (QED) is 0.864. The fourth-order valence-electron chi connectivity index (χ4n) is 3.73. The lowest BCUT2D eigenvalue weighted by Crippen LogP contribution is -2.19. The van der Waals surface area contributed by atoms with Crippen LogP contribution in [0, 0.1) is 11.3 Å². The molecule has 2 fully saturated rings. The van der Waals surface area contributed by atoms with Gasteiger partial charge in [-0.3, -0.25) is 9.59 Å². The summed E-state index contributed by atoms with van der Waals surface area (Å²) in [4.78, 5) is 23.4. The summed E-state index contributed by atoms with van der Waals surface area (Å²) in [5.41, 5.74) is 3.21. The van der Waals surface area contributed by atoms with Gasteiger partial charge in [0.2, 0.25) is 5.91 Å². The average Bonchev–Trinajstić information content (AvgIpc) is 2.98. The van der Waals surface area contributed by atoms with E-state index in [2.05, 4.69) is 5.32 Å². The Morgan fingerprint density at radius 1 is 1.39 bits per heavy atom. The number of anilines is 1. The van der Waals surface area contributed by atoms with Crippen molar-refractivity contribution in [2.24, 2.45) is 11.3 Å². The van der Waals surface area contributed by atoms with Crippen molar-refractivity contribution in [1.29, 1.82) is 0 Å². The molecular formula is C18H21NO4. The van der Waals surface area contributed by atoms with Crippen LogP contribution in [0.15, 0.2) is 18.2 Å². The molecule has 1 saturated heterocycles. The number of benzene rings is 1. The fourth-order valence-corrected chi connectivity index (χ4v) is 3.73. The Morgan fingerprint density at radius 2 is 2.30 bits per heavy atom. The molecule has 23 heavy (non-hydrogen) atoms. The summed E-state index contributed by atoms with van der Waals surface area (Å²) >= 11 is 0. The third kappa shape index (κ3) is 2.98. The van der Waals surface area contributed by atoms with Gasteiger partial charge < -0.3 is 14.8 Å². The number of carbonyl (C=O) groups excluding carboxylic acids is 2. The predicted octanol–water partition coefficient (Wildman–Crippen LogP) is 2.08. The number of fused-ring (bicyclic) bond motifs is 1. The normalized spacial score (nSPS) is 28.3. The summed E-state index contributed by atoms with van der Waals surface area (Å²) in [6.45, 7) is 2.19. The average molecular weight is 315 g/mol. The van der Waals surface area contributed by atoms with Crippen LogP contribution in [0.4, 0.5) is 5.69 Å². The van der Waals surface area contributed by atoms with Crippen LogP contribution in [0.2, 0.25) is 0 Å². The van der Waals surface area contributed by atoms with Crippen LogP contribution in [0.1, 0.15) is 30.4 Å². The molecule has 2 aliphatic heterocycles. The Labute approximate surface area is 135 Å². The van der Waals surface area contributed by atoms with Gasteiger partial charge in [0, 0.05) is 30.0 Å². The van der Waals surface area contributed by atoms with Gasteiger partial charge in [-0.15, -0.1) is 0 Å². The van der Waals surface area contributed by atoms with Gasteiger partial charge in [0.25, 0.3) is 0 Å². The molecular weight excluding hydrogens is 294 g/mol. The summed E-state index contributed by atoms with van der Waals surface area (Å²) < 4.78 is 10.9. The van der Waals surface area contributed by atoms with Crippen molar-refractivity contribution in [2.45, 2.75) is 32.1 Å². The van der Waals surface area contributed by atoms with Gasteiger partial charge in [0.15, 0.2) is 0 Å². The first-order valence-electron chi connectivity index (χ1n) is 8.30. The van der Waals surface area contributed by atoms with E-state index in [9.17, 15) is 9.59 Å². The van der Waals surface area contributed by atoms with E-state index < -0.39 is 0 Å². The minimum absolute atomic E-state index is 0.0546. The van der Waals surface area contributed by atoms with Crippen LogP contribution in [0.5, 0.6) is 0 Å². The van der Waals surface area contributed by atoms with Gasteiger partial charge in [0.05, 0.1) is 19.6 Å². The molecule has 4 rings (SSSR count). The van der Waals surface area contributed by atoms with E-state index in [0.717, 1.165) is 49.3 Å². The molecule has 2 unspecified atom stereocenters. The summed E-state index contributed by atoms with van der Waals surface area (Å²) in [6.07, 6.45) is 3.75. The number of esters is 1. The molecule has 1 aliphatic carbocycles. The highest BCUT2D eigenvalue weighted by Crippen LogP contribution is 2.57. The first-order valence-corrected chi connectivity index (χ1v) is 8.30. The monoisotopic (exact) mass is 315 g/mol. The van der Waals surface area contributed by atoms with Crippen LogP contribution in [-0.4, -0.2) is 31.7 Å². The van der Waals surface area contributed by atoms with E-state index in [4.69, 9.17) is 9.47 Å². The predicted molar refractivity (Wildman–Crippen MR) is 84.0 cm³/mol. The number of amides is 1. The maximum absolute atomic E-state index is 12.0. The lowest BCUT2D eigenvalue weighted by atomic mass is 9.99. The van der Waals surface area contributed by atoms with E-state index in [0.29, 0.717) is 24.4 Å². The van der Waals surface area contributed by atoms with E-state index in [1.54, 1.807) is 0 Å². The fraction of sp³-hybridized carbons (Fsp3) is 0.556. The summed E-state index contributed by atoms with van der Waals surface area (Å²) in [5, 5.41) is 2.85. The van der Waals surface area contributed by atoms with E-state index in [-0.39, 0.29) is 18.3 Å². The van der Waals surface area contributed by atoms with Gasteiger partial charge >= 0.3 is 5.97 Å². The van der Waals surface area contributed by atoms with Crippen molar-refractivity contribution < 1.29 is 19.1 Å². The number of hydrogen-bond acceptors (Lipinski definition) is 4. The molecule has 5 nitrogen and oxygen atoms in total. The molecule has 5 heteroatoms. The molecule has 1 amide bonds. The zero-order valence-electron chi connectivity index (χ0n) is 13.1.